The molecule has 1 aliphatic heterocycles. The van der Waals surface area contributed by atoms with Crippen LogP contribution in [0.2, 0.25) is 0 Å². The highest BCUT2D eigenvalue weighted by atomic mass is 16.3. The first-order valence-corrected chi connectivity index (χ1v) is 11.6. The first-order valence-electron chi connectivity index (χ1n) is 11.6. The summed E-state index contributed by atoms with van der Waals surface area (Å²) in [4.78, 5) is 41.9. The molecule has 5 rings (SSSR count). The van der Waals surface area contributed by atoms with Gasteiger partial charge in [-0.15, -0.1) is 0 Å². The summed E-state index contributed by atoms with van der Waals surface area (Å²) < 4.78 is 3.13. The van der Waals surface area contributed by atoms with Crippen molar-refractivity contribution in [2.45, 2.75) is 19.9 Å². The molecule has 180 valence electrons. The fourth-order valence-electron chi connectivity index (χ4n) is 4.71. The molecule has 2 heterocycles. The number of aliphatic hydroxyl groups excluding tert-OH is 1. The minimum atomic E-state index is -0.967. The van der Waals surface area contributed by atoms with Gasteiger partial charge in [0.1, 0.15) is 11.4 Å². The van der Waals surface area contributed by atoms with Crippen molar-refractivity contribution in [3.63, 3.8) is 0 Å². The third-order valence-electron chi connectivity index (χ3n) is 6.65. The number of carbonyl (C=O) groups excluding carboxylic acids is 2. The van der Waals surface area contributed by atoms with E-state index in [-0.39, 0.29) is 17.0 Å². The van der Waals surface area contributed by atoms with E-state index >= 15 is 0 Å². The Morgan fingerprint density at radius 2 is 1.39 bits per heavy atom. The number of aryl methyl sites for hydroxylation is 1. The van der Waals surface area contributed by atoms with Gasteiger partial charge in [-0.1, -0.05) is 78.4 Å². The number of amides is 1. The Balaban J connectivity index is 1.77. The number of ketones is 1. The molecule has 4 aromatic rings. The second-order valence-corrected chi connectivity index (χ2v) is 8.86. The zero-order valence-corrected chi connectivity index (χ0v) is 20.2. The number of nitrogens with zero attached hydrogens (tertiary/aromatic N) is 3. The van der Waals surface area contributed by atoms with Crippen LogP contribution >= 0.6 is 0 Å². The number of para-hydroxylation sites is 1. The van der Waals surface area contributed by atoms with Crippen LogP contribution in [0.5, 0.6) is 0 Å². The number of rotatable bonds is 4. The fourth-order valence-corrected chi connectivity index (χ4v) is 4.71. The van der Waals surface area contributed by atoms with Crippen molar-refractivity contribution in [2.75, 3.05) is 4.90 Å². The third kappa shape index (κ3) is 3.56. The summed E-state index contributed by atoms with van der Waals surface area (Å²) in [7, 11) is 1.73. The monoisotopic (exact) mass is 479 g/mol. The molecule has 1 atom stereocenters. The molecule has 7 heteroatoms. The molecule has 36 heavy (non-hydrogen) atoms. The van der Waals surface area contributed by atoms with Gasteiger partial charge in [0.2, 0.25) is 0 Å². The van der Waals surface area contributed by atoms with E-state index in [1.54, 1.807) is 67.2 Å². The van der Waals surface area contributed by atoms with Crippen LogP contribution in [0.4, 0.5) is 5.69 Å². The summed E-state index contributed by atoms with van der Waals surface area (Å²) in [5, 5.41) is 11.3. The smallest absolute Gasteiger partial charge is 0.300 e. The molecule has 0 aliphatic carbocycles. The number of Topliss-reactive ketones (excluding diaryl/α,β-unsaturated/α-hetero) is 1. The Morgan fingerprint density at radius 3 is 2.00 bits per heavy atom. The minimum Gasteiger partial charge on any atom is -0.507 e. The number of aliphatic hydroxyl groups is 1. The van der Waals surface area contributed by atoms with Gasteiger partial charge < -0.3 is 5.11 Å². The molecular weight excluding hydrogens is 454 g/mol. The van der Waals surface area contributed by atoms with Gasteiger partial charge in [0.25, 0.3) is 17.2 Å². The van der Waals surface area contributed by atoms with Crippen molar-refractivity contribution in [3.05, 3.63) is 123 Å². The fraction of sp³-hybridized carbons (Fsp3) is 0.138. The van der Waals surface area contributed by atoms with Crippen molar-refractivity contribution in [2.24, 2.45) is 7.05 Å². The van der Waals surface area contributed by atoms with Crippen LogP contribution in [0.3, 0.4) is 0 Å². The zero-order valence-electron chi connectivity index (χ0n) is 20.2. The van der Waals surface area contributed by atoms with E-state index in [4.69, 9.17) is 0 Å². The van der Waals surface area contributed by atoms with E-state index < -0.39 is 23.3 Å². The highest BCUT2D eigenvalue weighted by Crippen LogP contribution is 2.42. The van der Waals surface area contributed by atoms with Crippen molar-refractivity contribution in [1.82, 2.24) is 9.36 Å². The van der Waals surface area contributed by atoms with Crippen LogP contribution in [-0.2, 0) is 16.6 Å². The number of aromatic nitrogens is 2. The number of benzene rings is 3. The summed E-state index contributed by atoms with van der Waals surface area (Å²) in [5.41, 5.74) is 2.79. The molecule has 1 aliphatic rings. The zero-order chi connectivity index (χ0) is 25.6. The Kier molecular flexibility index (Phi) is 5.68. The number of carbonyl (C=O) groups is 2. The summed E-state index contributed by atoms with van der Waals surface area (Å²) in [6.07, 6.45) is 0. The predicted molar refractivity (Wildman–Crippen MR) is 138 cm³/mol. The van der Waals surface area contributed by atoms with Gasteiger partial charge in [-0.25, -0.2) is 4.68 Å². The van der Waals surface area contributed by atoms with Crippen LogP contribution in [0.25, 0.3) is 11.4 Å². The Bertz CT molecular complexity index is 1560. The number of anilines is 1. The van der Waals surface area contributed by atoms with E-state index in [1.165, 1.54) is 9.58 Å². The van der Waals surface area contributed by atoms with Gasteiger partial charge in [0.05, 0.1) is 23.0 Å². The molecule has 1 N–H and O–H groups in total. The third-order valence-corrected chi connectivity index (χ3v) is 6.65. The lowest BCUT2D eigenvalue weighted by atomic mass is 9.95. The Morgan fingerprint density at radius 1 is 0.806 bits per heavy atom. The van der Waals surface area contributed by atoms with E-state index in [0.29, 0.717) is 22.5 Å². The Hall–Kier alpha value is -4.65. The lowest BCUT2D eigenvalue weighted by molar-refractivity contribution is -0.132. The van der Waals surface area contributed by atoms with Gasteiger partial charge in [0, 0.05) is 12.6 Å². The Labute approximate surface area is 208 Å². The maximum atomic E-state index is 13.8. The maximum Gasteiger partial charge on any atom is 0.300 e. The summed E-state index contributed by atoms with van der Waals surface area (Å²) in [5.74, 6) is -1.97. The molecule has 0 radical (unpaired) electrons. The largest absolute Gasteiger partial charge is 0.507 e. The molecule has 1 fully saturated rings. The first-order chi connectivity index (χ1) is 17.3. The molecule has 0 spiro atoms. The van der Waals surface area contributed by atoms with E-state index in [0.717, 1.165) is 5.56 Å². The van der Waals surface area contributed by atoms with E-state index in [9.17, 15) is 19.5 Å². The second-order valence-electron chi connectivity index (χ2n) is 8.86. The van der Waals surface area contributed by atoms with Crippen LogP contribution in [-0.4, -0.2) is 26.2 Å². The van der Waals surface area contributed by atoms with Crippen LogP contribution in [0.15, 0.2) is 95.3 Å². The van der Waals surface area contributed by atoms with Gasteiger partial charge in [-0.3, -0.25) is 24.0 Å². The lowest BCUT2D eigenvalue weighted by Crippen LogP contribution is -2.34. The van der Waals surface area contributed by atoms with Crippen LogP contribution in [0.1, 0.15) is 28.4 Å². The molecule has 7 nitrogen and oxygen atoms in total. The van der Waals surface area contributed by atoms with Crippen LogP contribution < -0.4 is 10.5 Å². The maximum absolute atomic E-state index is 13.8. The first kappa shape index (κ1) is 23.1. The quantitative estimate of drug-likeness (QED) is 0.267. The van der Waals surface area contributed by atoms with Crippen molar-refractivity contribution < 1.29 is 14.7 Å². The standard InChI is InChI=1S/C29H25N3O4/c1-18-14-16-21(17-15-18)26(33)23-25(20-10-6-4-7-11-20)31(29(36)27(23)34)24-19(2)30(3)32(28(24)35)22-12-8-5-9-13-22/h4-17,25,33H,1-3H3/t25-/m1/s1. The van der Waals surface area contributed by atoms with Crippen molar-refractivity contribution >= 4 is 23.1 Å². The highest BCUT2D eigenvalue weighted by molar-refractivity contribution is 6.51. The SMILES string of the molecule is Cc1ccc(C(O)=C2C(=O)C(=O)N(c3c(C)n(C)n(-c4ccccc4)c3=O)[C@@H]2c2ccccc2)cc1. The van der Waals surface area contributed by atoms with Gasteiger partial charge in [-0.05, 0) is 31.5 Å². The van der Waals surface area contributed by atoms with E-state index in [2.05, 4.69) is 0 Å². The summed E-state index contributed by atoms with van der Waals surface area (Å²) in [6, 6.07) is 24.1. The number of hydrogen-bond acceptors (Lipinski definition) is 4. The average Bonchev–Trinajstić information content (AvgIpc) is 3.28. The second kappa shape index (κ2) is 8.85. The molecule has 1 aromatic heterocycles. The van der Waals surface area contributed by atoms with Gasteiger partial charge >= 0.3 is 0 Å². The average molecular weight is 480 g/mol. The predicted octanol–water partition coefficient (Wildman–Crippen LogP) is 4.42. The lowest BCUT2D eigenvalue weighted by Gasteiger charge is -2.24. The van der Waals surface area contributed by atoms with Crippen LogP contribution in [0, 0.1) is 13.8 Å². The molecule has 0 saturated carbocycles. The topological polar surface area (TPSA) is 84.5 Å². The summed E-state index contributed by atoms with van der Waals surface area (Å²) >= 11 is 0. The van der Waals surface area contributed by atoms with Gasteiger partial charge in [0.15, 0.2) is 0 Å². The molecule has 3 aromatic carbocycles. The molecule has 1 saturated heterocycles. The molecule has 0 unspecified atom stereocenters. The molecular formula is C29H25N3O4. The normalized spacial score (nSPS) is 17.1. The van der Waals surface area contributed by atoms with Crippen molar-refractivity contribution in [3.8, 4) is 5.69 Å². The number of hydrogen-bond donors (Lipinski definition) is 1. The minimum absolute atomic E-state index is 0.0519. The molecule has 1 amide bonds. The summed E-state index contributed by atoms with van der Waals surface area (Å²) in [6.45, 7) is 3.65. The molecule has 0 bridgehead atoms. The van der Waals surface area contributed by atoms with Crippen molar-refractivity contribution in [1.29, 1.82) is 0 Å². The highest BCUT2D eigenvalue weighted by Gasteiger charge is 2.49. The van der Waals surface area contributed by atoms with Gasteiger partial charge in [-0.2, -0.15) is 0 Å². The van der Waals surface area contributed by atoms with E-state index in [1.807, 2.05) is 43.3 Å².